The molecule has 0 amide bonds. The van der Waals surface area contributed by atoms with Gasteiger partial charge >= 0.3 is 17.0 Å². The molecular formula is C20H19N3O4. The summed E-state index contributed by atoms with van der Waals surface area (Å²) in [7, 11) is 0. The Balaban J connectivity index is 2.12. The van der Waals surface area contributed by atoms with Gasteiger partial charge in [-0.25, -0.2) is 9.89 Å². The quantitative estimate of drug-likeness (QED) is 0.556. The average molecular weight is 365 g/mol. The normalized spacial score (nSPS) is 17.0. The van der Waals surface area contributed by atoms with E-state index in [9.17, 15) is 14.4 Å². The van der Waals surface area contributed by atoms with Crippen LogP contribution in [0.5, 0.6) is 0 Å². The van der Waals surface area contributed by atoms with Crippen molar-refractivity contribution < 1.29 is 4.42 Å². The molecule has 27 heavy (non-hydrogen) atoms. The summed E-state index contributed by atoms with van der Waals surface area (Å²) in [4.78, 5) is 40.2. The summed E-state index contributed by atoms with van der Waals surface area (Å²) in [5.41, 5.74) is 1.11. The molecule has 0 saturated heterocycles. The SMILES string of the molecule is CC1CC=CC=C1c1cc2c(=O)n3[nH]c(=O)c(=O)oc3nc2cc1C(C)C. The van der Waals surface area contributed by atoms with Gasteiger partial charge in [-0.3, -0.25) is 9.59 Å². The van der Waals surface area contributed by atoms with Crippen LogP contribution in [0.1, 0.15) is 44.2 Å². The number of rotatable bonds is 2. The molecule has 138 valence electrons. The number of fused-ring (bicyclic) bond motifs is 2. The van der Waals surface area contributed by atoms with Crippen LogP contribution in [0, 0.1) is 5.92 Å². The summed E-state index contributed by atoms with van der Waals surface area (Å²) < 4.78 is 5.76. The van der Waals surface area contributed by atoms with Crippen molar-refractivity contribution in [3.8, 4) is 0 Å². The van der Waals surface area contributed by atoms with Crippen LogP contribution in [-0.4, -0.2) is 14.6 Å². The van der Waals surface area contributed by atoms with Crippen LogP contribution in [0.3, 0.4) is 0 Å². The lowest BCUT2D eigenvalue weighted by Crippen LogP contribution is -2.33. The highest BCUT2D eigenvalue weighted by molar-refractivity contribution is 5.86. The molecule has 1 unspecified atom stereocenters. The lowest BCUT2D eigenvalue weighted by molar-refractivity contribution is 0.487. The minimum absolute atomic E-state index is 0.214. The van der Waals surface area contributed by atoms with Gasteiger partial charge in [0.15, 0.2) is 0 Å². The Kier molecular flexibility index (Phi) is 3.95. The second-order valence-electron chi connectivity index (χ2n) is 7.16. The predicted octanol–water partition coefficient (Wildman–Crippen LogP) is 2.59. The van der Waals surface area contributed by atoms with Crippen molar-refractivity contribution in [3.05, 3.63) is 72.6 Å². The van der Waals surface area contributed by atoms with Gasteiger partial charge in [0.2, 0.25) is 0 Å². The molecule has 2 aromatic heterocycles. The molecule has 0 fully saturated rings. The smallest absolute Gasteiger partial charge is 0.383 e. The molecule has 0 bridgehead atoms. The molecule has 7 nitrogen and oxygen atoms in total. The average Bonchev–Trinajstić information content (AvgIpc) is 2.63. The fraction of sp³-hybridized carbons (Fsp3) is 0.300. The van der Waals surface area contributed by atoms with Gasteiger partial charge in [0.1, 0.15) is 0 Å². The Morgan fingerprint density at radius 3 is 2.74 bits per heavy atom. The minimum Gasteiger partial charge on any atom is -0.383 e. The van der Waals surface area contributed by atoms with Crippen molar-refractivity contribution in [2.75, 3.05) is 0 Å². The Morgan fingerprint density at radius 1 is 1.26 bits per heavy atom. The van der Waals surface area contributed by atoms with Gasteiger partial charge in [0, 0.05) is 0 Å². The molecule has 1 atom stereocenters. The van der Waals surface area contributed by atoms with Gasteiger partial charge < -0.3 is 4.42 Å². The monoisotopic (exact) mass is 365 g/mol. The fourth-order valence-corrected chi connectivity index (χ4v) is 3.50. The molecule has 1 aromatic carbocycles. The van der Waals surface area contributed by atoms with Gasteiger partial charge in [0.05, 0.1) is 10.9 Å². The minimum atomic E-state index is -1.09. The Morgan fingerprint density at radius 2 is 2.04 bits per heavy atom. The topological polar surface area (TPSA) is 97.4 Å². The number of hydrogen-bond acceptors (Lipinski definition) is 5. The summed E-state index contributed by atoms with van der Waals surface area (Å²) >= 11 is 0. The second-order valence-corrected chi connectivity index (χ2v) is 7.16. The van der Waals surface area contributed by atoms with Crippen molar-refractivity contribution in [2.24, 2.45) is 5.92 Å². The van der Waals surface area contributed by atoms with Crippen LogP contribution in [0.4, 0.5) is 0 Å². The van der Waals surface area contributed by atoms with E-state index in [1.165, 1.54) is 5.57 Å². The summed E-state index contributed by atoms with van der Waals surface area (Å²) in [5, 5.41) is 2.58. The van der Waals surface area contributed by atoms with Crippen LogP contribution in [-0.2, 0) is 0 Å². The van der Waals surface area contributed by atoms with E-state index in [2.05, 4.69) is 43.0 Å². The van der Waals surface area contributed by atoms with Crippen LogP contribution in [0.2, 0.25) is 0 Å². The maximum absolute atomic E-state index is 12.9. The van der Waals surface area contributed by atoms with Gasteiger partial charge in [-0.15, -0.1) is 0 Å². The number of aromatic amines is 1. The van der Waals surface area contributed by atoms with Crippen LogP contribution in [0.15, 0.2) is 49.2 Å². The molecule has 0 radical (unpaired) electrons. The van der Waals surface area contributed by atoms with Crippen molar-refractivity contribution in [1.82, 2.24) is 14.6 Å². The molecule has 4 rings (SSSR count). The van der Waals surface area contributed by atoms with Gasteiger partial charge in [-0.2, -0.15) is 9.50 Å². The Hall–Kier alpha value is -3.22. The number of aromatic nitrogens is 3. The number of benzene rings is 1. The van der Waals surface area contributed by atoms with Crippen molar-refractivity contribution in [3.63, 3.8) is 0 Å². The molecule has 2 heterocycles. The molecule has 0 saturated carbocycles. The molecule has 0 spiro atoms. The zero-order valence-electron chi connectivity index (χ0n) is 15.3. The van der Waals surface area contributed by atoms with Gasteiger partial charge in [0.25, 0.3) is 5.56 Å². The first kappa shape index (κ1) is 17.2. The third kappa shape index (κ3) is 2.75. The molecule has 3 aromatic rings. The van der Waals surface area contributed by atoms with Crippen LogP contribution >= 0.6 is 0 Å². The highest BCUT2D eigenvalue weighted by Gasteiger charge is 2.20. The zero-order chi connectivity index (χ0) is 19.3. The lowest BCUT2D eigenvalue weighted by atomic mass is 9.83. The summed E-state index contributed by atoms with van der Waals surface area (Å²) in [6.07, 6.45) is 7.17. The number of H-pyrrole nitrogens is 1. The Bertz CT molecular complexity index is 1310. The van der Waals surface area contributed by atoms with E-state index in [-0.39, 0.29) is 11.8 Å². The number of hydrogen-bond donors (Lipinski definition) is 1. The summed E-state index contributed by atoms with van der Waals surface area (Å²) in [5.74, 6) is 0.318. The maximum Gasteiger partial charge on any atom is 0.406 e. The van der Waals surface area contributed by atoms with Crippen molar-refractivity contribution >= 4 is 22.3 Å². The molecule has 7 heteroatoms. The number of nitrogens with one attached hydrogen (secondary N) is 1. The van der Waals surface area contributed by atoms with E-state index < -0.39 is 16.7 Å². The molecule has 1 aliphatic carbocycles. The van der Waals surface area contributed by atoms with E-state index >= 15 is 0 Å². The molecular weight excluding hydrogens is 346 g/mol. The van der Waals surface area contributed by atoms with Crippen molar-refractivity contribution in [2.45, 2.75) is 33.1 Å². The first-order chi connectivity index (χ1) is 12.9. The second kappa shape index (κ2) is 6.19. The van der Waals surface area contributed by atoms with Crippen LogP contribution in [0.25, 0.3) is 22.3 Å². The molecule has 0 aliphatic heterocycles. The standard InChI is InChI=1S/C20H19N3O4/c1-10(2)13-9-16-15(8-14(13)12-7-5-4-6-11(12)3)18(25)23-20(21-16)27-19(26)17(24)22-23/h4-5,7-11H,6H2,1-3H3,(H,22,24). The summed E-state index contributed by atoms with van der Waals surface area (Å²) in [6, 6.07) is 3.70. The van der Waals surface area contributed by atoms with Crippen LogP contribution < -0.4 is 16.7 Å². The zero-order valence-corrected chi connectivity index (χ0v) is 15.3. The van der Waals surface area contributed by atoms with Gasteiger partial charge in [-0.05, 0) is 47.1 Å². The number of nitrogens with zero attached hydrogens (tertiary/aromatic N) is 2. The largest absolute Gasteiger partial charge is 0.406 e. The lowest BCUT2D eigenvalue weighted by Gasteiger charge is -2.22. The third-order valence-corrected chi connectivity index (χ3v) is 4.96. The predicted molar refractivity (Wildman–Crippen MR) is 103 cm³/mol. The molecule has 1 N–H and O–H groups in total. The van der Waals surface area contributed by atoms with E-state index in [4.69, 9.17) is 4.42 Å². The first-order valence-electron chi connectivity index (χ1n) is 8.87. The number of allylic oxidation sites excluding steroid dienone is 4. The maximum atomic E-state index is 12.9. The summed E-state index contributed by atoms with van der Waals surface area (Å²) in [6.45, 7) is 6.32. The Labute approximate surface area is 153 Å². The highest BCUT2D eigenvalue weighted by atomic mass is 16.4. The van der Waals surface area contributed by atoms with Crippen molar-refractivity contribution in [1.29, 1.82) is 0 Å². The first-order valence-corrected chi connectivity index (χ1v) is 8.87. The van der Waals surface area contributed by atoms with Gasteiger partial charge in [-0.1, -0.05) is 39.0 Å². The third-order valence-electron chi connectivity index (χ3n) is 4.96. The van der Waals surface area contributed by atoms with E-state index in [1.807, 2.05) is 18.2 Å². The van der Waals surface area contributed by atoms with E-state index in [0.717, 1.165) is 22.1 Å². The highest BCUT2D eigenvalue weighted by Crippen LogP contribution is 2.35. The molecule has 1 aliphatic rings. The van der Waals surface area contributed by atoms with E-state index in [0.29, 0.717) is 16.8 Å². The fourth-order valence-electron chi connectivity index (χ4n) is 3.50. The van der Waals surface area contributed by atoms with E-state index in [1.54, 1.807) is 0 Å².